The molecule has 0 bridgehead atoms. The fourth-order valence-corrected chi connectivity index (χ4v) is 1.79. The van der Waals surface area contributed by atoms with Crippen molar-refractivity contribution in [3.8, 4) is 5.75 Å². The first-order valence-corrected chi connectivity index (χ1v) is 5.33. The van der Waals surface area contributed by atoms with Gasteiger partial charge < -0.3 is 10.5 Å². The van der Waals surface area contributed by atoms with Gasteiger partial charge in [0.15, 0.2) is 0 Å². The molecule has 2 N–H and O–H groups in total. The van der Waals surface area contributed by atoms with Crippen molar-refractivity contribution < 1.29 is 4.74 Å². The molecule has 14 heavy (non-hydrogen) atoms. The summed E-state index contributed by atoms with van der Waals surface area (Å²) in [4.78, 5) is 0. The minimum Gasteiger partial charge on any atom is -0.486 e. The average Bonchev–Trinajstić information content (AvgIpc) is 1.95. The van der Waals surface area contributed by atoms with E-state index in [9.17, 15) is 0 Å². The Hall–Kier alpha value is -0.700. The number of aryl methyl sites for hydroxylation is 1. The van der Waals surface area contributed by atoms with Crippen LogP contribution in [0, 0.1) is 6.92 Å². The summed E-state index contributed by atoms with van der Waals surface area (Å²) < 4.78 is 6.75. The van der Waals surface area contributed by atoms with Gasteiger partial charge >= 0.3 is 0 Å². The van der Waals surface area contributed by atoms with Gasteiger partial charge in [-0.1, -0.05) is 15.9 Å². The summed E-state index contributed by atoms with van der Waals surface area (Å²) in [6.45, 7) is 8.01. The Balaban J connectivity index is 3.09. The Kier molecular flexibility index (Phi) is 3.10. The molecule has 3 heteroatoms. The van der Waals surface area contributed by atoms with Crippen LogP contribution in [0.15, 0.2) is 16.6 Å². The summed E-state index contributed by atoms with van der Waals surface area (Å²) >= 11 is 3.39. The Morgan fingerprint density at radius 3 is 2.29 bits per heavy atom. The van der Waals surface area contributed by atoms with E-state index in [4.69, 9.17) is 10.5 Å². The van der Waals surface area contributed by atoms with Crippen LogP contribution in [0.4, 0.5) is 5.69 Å². The topological polar surface area (TPSA) is 35.2 Å². The first-order chi connectivity index (χ1) is 6.29. The molecule has 78 valence electrons. The summed E-state index contributed by atoms with van der Waals surface area (Å²) in [7, 11) is 0. The predicted molar refractivity (Wildman–Crippen MR) is 63.7 cm³/mol. The SMILES string of the molecule is Cc1cc(Br)cc(N)c1OC(C)(C)C. The van der Waals surface area contributed by atoms with Crippen molar-refractivity contribution in [3.63, 3.8) is 0 Å². The van der Waals surface area contributed by atoms with Crippen LogP contribution in [-0.2, 0) is 0 Å². The Labute approximate surface area is 93.6 Å². The highest BCUT2D eigenvalue weighted by Gasteiger charge is 2.15. The van der Waals surface area contributed by atoms with Crippen LogP contribution < -0.4 is 10.5 Å². The summed E-state index contributed by atoms with van der Waals surface area (Å²) in [5, 5.41) is 0. The number of hydrogen-bond donors (Lipinski definition) is 1. The molecule has 0 heterocycles. The predicted octanol–water partition coefficient (Wildman–Crippen LogP) is 3.52. The van der Waals surface area contributed by atoms with Gasteiger partial charge in [-0.25, -0.2) is 0 Å². The molecule has 1 aromatic carbocycles. The van der Waals surface area contributed by atoms with Crippen molar-refractivity contribution >= 4 is 21.6 Å². The van der Waals surface area contributed by atoms with Gasteiger partial charge in [-0.2, -0.15) is 0 Å². The van der Waals surface area contributed by atoms with Gasteiger partial charge in [0.1, 0.15) is 11.4 Å². The Bertz CT molecular complexity index is 319. The summed E-state index contributed by atoms with van der Waals surface area (Å²) in [5.74, 6) is 0.778. The maximum Gasteiger partial charge on any atom is 0.145 e. The van der Waals surface area contributed by atoms with E-state index in [1.165, 1.54) is 0 Å². The summed E-state index contributed by atoms with van der Waals surface area (Å²) in [6, 6.07) is 3.85. The monoisotopic (exact) mass is 257 g/mol. The van der Waals surface area contributed by atoms with Crippen LogP contribution in [0.25, 0.3) is 0 Å². The molecule has 0 unspecified atom stereocenters. The van der Waals surface area contributed by atoms with Gasteiger partial charge in [-0.05, 0) is 45.4 Å². The number of anilines is 1. The molecule has 0 aromatic heterocycles. The van der Waals surface area contributed by atoms with E-state index in [1.54, 1.807) is 0 Å². The second-order valence-corrected chi connectivity index (χ2v) is 5.27. The maximum atomic E-state index is 5.87. The third-order valence-corrected chi connectivity index (χ3v) is 2.13. The fraction of sp³-hybridized carbons (Fsp3) is 0.455. The van der Waals surface area contributed by atoms with E-state index in [0.29, 0.717) is 5.69 Å². The molecule has 0 atom stereocenters. The number of benzene rings is 1. The van der Waals surface area contributed by atoms with Crippen molar-refractivity contribution in [2.75, 3.05) is 5.73 Å². The van der Waals surface area contributed by atoms with Crippen LogP contribution in [0.2, 0.25) is 0 Å². The van der Waals surface area contributed by atoms with Gasteiger partial charge in [-0.15, -0.1) is 0 Å². The van der Waals surface area contributed by atoms with Crippen LogP contribution >= 0.6 is 15.9 Å². The molecular weight excluding hydrogens is 242 g/mol. The fourth-order valence-electron chi connectivity index (χ4n) is 1.20. The lowest BCUT2D eigenvalue weighted by atomic mass is 10.1. The molecule has 0 saturated carbocycles. The number of nitrogens with two attached hydrogens (primary N) is 1. The molecular formula is C11H16BrNO. The zero-order valence-electron chi connectivity index (χ0n) is 9.02. The number of nitrogen functional groups attached to an aromatic ring is 1. The zero-order valence-corrected chi connectivity index (χ0v) is 10.6. The van der Waals surface area contributed by atoms with Gasteiger partial charge in [0.25, 0.3) is 0 Å². The quantitative estimate of drug-likeness (QED) is 0.782. The van der Waals surface area contributed by atoms with Crippen molar-refractivity contribution in [2.24, 2.45) is 0 Å². The summed E-state index contributed by atoms with van der Waals surface area (Å²) in [6.07, 6.45) is 0. The smallest absolute Gasteiger partial charge is 0.145 e. The molecule has 2 nitrogen and oxygen atoms in total. The molecule has 1 rings (SSSR count). The zero-order chi connectivity index (χ0) is 10.9. The van der Waals surface area contributed by atoms with E-state index < -0.39 is 0 Å². The second kappa shape index (κ2) is 3.81. The van der Waals surface area contributed by atoms with Crippen molar-refractivity contribution in [1.29, 1.82) is 0 Å². The Morgan fingerprint density at radius 1 is 1.29 bits per heavy atom. The highest BCUT2D eigenvalue weighted by Crippen LogP contribution is 2.32. The van der Waals surface area contributed by atoms with E-state index in [-0.39, 0.29) is 5.60 Å². The minimum atomic E-state index is -0.216. The van der Waals surface area contributed by atoms with Gasteiger partial charge in [0.2, 0.25) is 0 Å². The van der Waals surface area contributed by atoms with Crippen molar-refractivity contribution in [2.45, 2.75) is 33.3 Å². The molecule has 0 aliphatic carbocycles. The lowest BCUT2D eigenvalue weighted by Gasteiger charge is -2.23. The van der Waals surface area contributed by atoms with E-state index in [2.05, 4.69) is 15.9 Å². The van der Waals surface area contributed by atoms with Crippen LogP contribution in [0.5, 0.6) is 5.75 Å². The molecule has 0 radical (unpaired) electrons. The standard InChI is InChI=1S/C11H16BrNO/c1-7-5-8(12)6-9(13)10(7)14-11(2,3)4/h5-6H,13H2,1-4H3. The van der Waals surface area contributed by atoms with Crippen molar-refractivity contribution in [3.05, 3.63) is 22.2 Å². The lowest BCUT2D eigenvalue weighted by Crippen LogP contribution is -2.24. The van der Waals surface area contributed by atoms with E-state index in [1.807, 2.05) is 39.8 Å². The second-order valence-electron chi connectivity index (χ2n) is 4.36. The molecule has 0 aliphatic rings. The molecule has 0 saturated heterocycles. The first kappa shape index (κ1) is 11.4. The number of ether oxygens (including phenoxy) is 1. The molecule has 1 aromatic rings. The third-order valence-electron chi connectivity index (χ3n) is 1.68. The number of halogens is 1. The largest absolute Gasteiger partial charge is 0.486 e. The van der Waals surface area contributed by atoms with E-state index in [0.717, 1.165) is 15.8 Å². The maximum absolute atomic E-state index is 5.87. The lowest BCUT2D eigenvalue weighted by molar-refractivity contribution is 0.131. The normalized spacial score (nSPS) is 11.5. The minimum absolute atomic E-state index is 0.216. The highest BCUT2D eigenvalue weighted by atomic mass is 79.9. The molecule has 0 spiro atoms. The third kappa shape index (κ3) is 2.91. The van der Waals surface area contributed by atoms with Gasteiger partial charge in [0, 0.05) is 4.47 Å². The van der Waals surface area contributed by atoms with Crippen LogP contribution in [-0.4, -0.2) is 5.60 Å². The summed E-state index contributed by atoms with van der Waals surface area (Å²) in [5.41, 5.74) is 7.38. The van der Waals surface area contributed by atoms with Gasteiger partial charge in [0.05, 0.1) is 5.69 Å². The van der Waals surface area contributed by atoms with Crippen LogP contribution in [0.1, 0.15) is 26.3 Å². The Morgan fingerprint density at radius 2 is 1.86 bits per heavy atom. The number of rotatable bonds is 1. The van der Waals surface area contributed by atoms with Crippen molar-refractivity contribution in [1.82, 2.24) is 0 Å². The molecule has 0 fully saturated rings. The van der Waals surface area contributed by atoms with Crippen LogP contribution in [0.3, 0.4) is 0 Å². The first-order valence-electron chi connectivity index (χ1n) is 4.54. The molecule has 0 amide bonds. The molecule has 0 aliphatic heterocycles. The highest BCUT2D eigenvalue weighted by molar-refractivity contribution is 9.10. The van der Waals surface area contributed by atoms with Gasteiger partial charge in [-0.3, -0.25) is 0 Å². The van der Waals surface area contributed by atoms with E-state index >= 15 is 0 Å². The average molecular weight is 258 g/mol. The number of hydrogen-bond acceptors (Lipinski definition) is 2.